The molecule has 0 aliphatic carbocycles. The molecule has 25 heavy (non-hydrogen) atoms. The summed E-state index contributed by atoms with van der Waals surface area (Å²) < 4.78 is 16.9. The Kier molecular flexibility index (Phi) is 6.56. The number of hydrogen-bond donors (Lipinski definition) is 1. The first-order chi connectivity index (χ1) is 11.8. The Morgan fingerprint density at radius 2 is 1.76 bits per heavy atom. The fourth-order valence-corrected chi connectivity index (χ4v) is 2.94. The summed E-state index contributed by atoms with van der Waals surface area (Å²) >= 11 is 9.27. The van der Waals surface area contributed by atoms with Gasteiger partial charge in [0.05, 0.1) is 18.7 Å². The van der Waals surface area contributed by atoms with Gasteiger partial charge in [0.2, 0.25) is 0 Å². The number of benzene rings is 2. The number of carbonyl (C=O) groups excluding carboxylic acids is 1. The van der Waals surface area contributed by atoms with E-state index < -0.39 is 6.10 Å². The number of amides is 1. The second kappa shape index (κ2) is 8.45. The Bertz CT molecular complexity index is 782. The molecule has 5 nitrogen and oxygen atoms in total. The number of hydrogen-bond acceptors (Lipinski definition) is 4. The van der Waals surface area contributed by atoms with E-state index in [1.165, 1.54) is 0 Å². The van der Waals surface area contributed by atoms with Crippen molar-refractivity contribution in [2.24, 2.45) is 0 Å². The lowest BCUT2D eigenvalue weighted by Crippen LogP contribution is -2.30. The summed E-state index contributed by atoms with van der Waals surface area (Å²) in [7, 11) is 3.11. The molecule has 0 unspecified atom stereocenters. The number of rotatable bonds is 6. The molecule has 134 valence electrons. The van der Waals surface area contributed by atoms with Crippen molar-refractivity contribution in [3.8, 4) is 17.2 Å². The van der Waals surface area contributed by atoms with Crippen molar-refractivity contribution in [2.75, 3.05) is 19.5 Å². The molecule has 2 aromatic rings. The number of methoxy groups -OCH3 is 2. The maximum atomic E-state index is 12.5. The lowest BCUT2D eigenvalue weighted by molar-refractivity contribution is -0.122. The monoisotopic (exact) mass is 427 g/mol. The van der Waals surface area contributed by atoms with Crippen LogP contribution >= 0.6 is 27.5 Å². The van der Waals surface area contributed by atoms with Gasteiger partial charge in [0.1, 0.15) is 5.75 Å². The van der Waals surface area contributed by atoms with Gasteiger partial charge in [-0.15, -0.1) is 0 Å². The smallest absolute Gasteiger partial charge is 0.265 e. The molecular formula is C18H19BrClNO4. The van der Waals surface area contributed by atoms with Gasteiger partial charge in [-0.1, -0.05) is 11.6 Å². The van der Waals surface area contributed by atoms with Crippen molar-refractivity contribution in [2.45, 2.75) is 20.0 Å². The molecule has 1 atom stereocenters. The largest absolute Gasteiger partial charge is 0.493 e. The second-order valence-corrected chi connectivity index (χ2v) is 6.64. The molecule has 0 bridgehead atoms. The van der Waals surface area contributed by atoms with Gasteiger partial charge in [0.15, 0.2) is 17.6 Å². The number of anilines is 1. The van der Waals surface area contributed by atoms with E-state index >= 15 is 0 Å². The minimum absolute atomic E-state index is 0.280. The molecule has 1 amide bonds. The van der Waals surface area contributed by atoms with Crippen molar-refractivity contribution < 1.29 is 19.0 Å². The van der Waals surface area contributed by atoms with Gasteiger partial charge in [-0.25, -0.2) is 0 Å². The zero-order chi connectivity index (χ0) is 18.6. The third-order valence-corrected chi connectivity index (χ3v) is 4.41. The predicted molar refractivity (Wildman–Crippen MR) is 102 cm³/mol. The lowest BCUT2D eigenvalue weighted by atomic mass is 10.1. The van der Waals surface area contributed by atoms with Crippen LogP contribution in [0.2, 0.25) is 5.02 Å². The highest BCUT2D eigenvalue weighted by Gasteiger charge is 2.18. The van der Waals surface area contributed by atoms with Crippen LogP contribution < -0.4 is 19.5 Å². The third kappa shape index (κ3) is 4.80. The van der Waals surface area contributed by atoms with Gasteiger partial charge in [0.25, 0.3) is 5.91 Å². The molecule has 0 fully saturated rings. The van der Waals surface area contributed by atoms with Crippen LogP contribution in [0.3, 0.4) is 0 Å². The first kappa shape index (κ1) is 19.4. The Hall–Kier alpha value is -1.92. The molecule has 0 aromatic heterocycles. The average molecular weight is 429 g/mol. The molecule has 0 heterocycles. The highest BCUT2D eigenvalue weighted by molar-refractivity contribution is 9.10. The molecule has 0 saturated heterocycles. The molecule has 2 rings (SSSR count). The van der Waals surface area contributed by atoms with Crippen LogP contribution in [0, 0.1) is 6.92 Å². The summed E-state index contributed by atoms with van der Waals surface area (Å²) in [6, 6.07) is 8.63. The van der Waals surface area contributed by atoms with E-state index in [9.17, 15) is 4.79 Å². The number of halogens is 2. The molecule has 0 radical (unpaired) electrons. The van der Waals surface area contributed by atoms with Crippen LogP contribution in [-0.4, -0.2) is 26.2 Å². The number of ether oxygens (including phenoxy) is 3. The molecule has 0 spiro atoms. The minimum Gasteiger partial charge on any atom is -0.493 e. The van der Waals surface area contributed by atoms with Crippen LogP contribution in [-0.2, 0) is 4.79 Å². The highest BCUT2D eigenvalue weighted by Crippen LogP contribution is 2.33. The van der Waals surface area contributed by atoms with E-state index in [0.29, 0.717) is 32.4 Å². The molecule has 0 saturated carbocycles. The Balaban J connectivity index is 2.13. The number of carbonyl (C=O) groups is 1. The van der Waals surface area contributed by atoms with Crippen molar-refractivity contribution in [3.05, 3.63) is 45.4 Å². The number of nitrogens with one attached hydrogen (secondary N) is 1. The van der Waals surface area contributed by atoms with E-state index in [0.717, 1.165) is 5.56 Å². The zero-order valence-electron chi connectivity index (χ0n) is 14.4. The highest BCUT2D eigenvalue weighted by atomic mass is 79.9. The average Bonchev–Trinajstić information content (AvgIpc) is 2.58. The van der Waals surface area contributed by atoms with Crippen molar-refractivity contribution in [1.82, 2.24) is 0 Å². The van der Waals surface area contributed by atoms with Gasteiger partial charge in [-0.2, -0.15) is 0 Å². The first-order valence-electron chi connectivity index (χ1n) is 7.51. The van der Waals surface area contributed by atoms with Gasteiger partial charge >= 0.3 is 0 Å². The van der Waals surface area contributed by atoms with Crippen LogP contribution in [0.5, 0.6) is 17.2 Å². The Morgan fingerprint density at radius 1 is 1.12 bits per heavy atom. The van der Waals surface area contributed by atoms with Crippen LogP contribution in [0.25, 0.3) is 0 Å². The lowest BCUT2D eigenvalue weighted by Gasteiger charge is -2.18. The van der Waals surface area contributed by atoms with Crippen LogP contribution in [0.15, 0.2) is 34.8 Å². The van der Waals surface area contributed by atoms with Gasteiger partial charge < -0.3 is 19.5 Å². The normalized spacial score (nSPS) is 11.6. The third-order valence-electron chi connectivity index (χ3n) is 3.56. The summed E-state index contributed by atoms with van der Waals surface area (Å²) in [5.41, 5.74) is 1.49. The fourth-order valence-electron chi connectivity index (χ4n) is 2.16. The standard InChI is InChI=1S/C18H19BrClNO4/c1-10-7-16(23-3)17(24-4)9-14(10)21-18(22)11(2)25-15-6-5-12(20)8-13(15)19/h5-9,11H,1-4H3,(H,21,22)/t11-/m0/s1. The Morgan fingerprint density at radius 3 is 2.36 bits per heavy atom. The van der Waals surface area contributed by atoms with E-state index in [4.69, 9.17) is 25.8 Å². The molecule has 0 aliphatic rings. The summed E-state index contributed by atoms with van der Waals surface area (Å²) in [6.45, 7) is 3.55. The predicted octanol–water partition coefficient (Wildman–Crippen LogP) is 4.83. The van der Waals surface area contributed by atoms with Crippen LogP contribution in [0.4, 0.5) is 5.69 Å². The van der Waals surface area contributed by atoms with Gasteiger partial charge in [0, 0.05) is 16.8 Å². The molecule has 2 aromatic carbocycles. The summed E-state index contributed by atoms with van der Waals surface area (Å²) in [5.74, 6) is 1.40. The molecular weight excluding hydrogens is 410 g/mol. The summed E-state index contributed by atoms with van der Waals surface area (Å²) in [6.07, 6.45) is -0.704. The van der Waals surface area contributed by atoms with Crippen molar-refractivity contribution in [3.63, 3.8) is 0 Å². The number of aryl methyl sites for hydroxylation is 1. The summed E-state index contributed by atoms with van der Waals surface area (Å²) in [5, 5.41) is 3.43. The second-order valence-electron chi connectivity index (χ2n) is 5.35. The van der Waals surface area contributed by atoms with Crippen molar-refractivity contribution >= 4 is 39.1 Å². The first-order valence-corrected chi connectivity index (χ1v) is 8.68. The van der Waals surface area contributed by atoms with E-state index in [1.807, 2.05) is 6.92 Å². The summed E-state index contributed by atoms with van der Waals surface area (Å²) in [4.78, 5) is 12.5. The molecule has 1 N–H and O–H groups in total. The van der Waals surface area contributed by atoms with E-state index in [2.05, 4.69) is 21.2 Å². The zero-order valence-corrected chi connectivity index (χ0v) is 16.7. The van der Waals surface area contributed by atoms with Gasteiger partial charge in [-0.05, 0) is 59.6 Å². The topological polar surface area (TPSA) is 56.8 Å². The SMILES string of the molecule is COc1cc(C)c(NC(=O)[C@H](C)Oc2ccc(Cl)cc2Br)cc1OC. The quantitative estimate of drug-likeness (QED) is 0.716. The molecule has 0 aliphatic heterocycles. The minimum atomic E-state index is -0.704. The van der Waals surface area contributed by atoms with Crippen LogP contribution in [0.1, 0.15) is 12.5 Å². The van der Waals surface area contributed by atoms with E-state index in [1.54, 1.807) is 51.5 Å². The maximum absolute atomic E-state index is 12.5. The van der Waals surface area contributed by atoms with E-state index in [-0.39, 0.29) is 5.91 Å². The van der Waals surface area contributed by atoms with Crippen molar-refractivity contribution in [1.29, 1.82) is 0 Å². The molecule has 7 heteroatoms. The maximum Gasteiger partial charge on any atom is 0.265 e. The Labute approximate surface area is 160 Å². The van der Waals surface area contributed by atoms with Gasteiger partial charge in [-0.3, -0.25) is 4.79 Å². The fraction of sp³-hybridized carbons (Fsp3) is 0.278.